The van der Waals surface area contributed by atoms with Crippen LogP contribution >= 0.6 is 0 Å². The molecule has 1 aliphatic heterocycles. The Kier molecular flexibility index (Phi) is 4.14. The summed E-state index contributed by atoms with van der Waals surface area (Å²) < 4.78 is 0. The topological polar surface area (TPSA) is 32.3 Å². The van der Waals surface area contributed by atoms with Gasteiger partial charge < -0.3 is 10.2 Å². The van der Waals surface area contributed by atoms with E-state index >= 15 is 0 Å². The van der Waals surface area contributed by atoms with Crippen LogP contribution < -0.4 is 5.32 Å². The van der Waals surface area contributed by atoms with E-state index in [1.165, 1.54) is 0 Å². The van der Waals surface area contributed by atoms with Crippen molar-refractivity contribution in [3.8, 4) is 0 Å². The van der Waals surface area contributed by atoms with E-state index in [-0.39, 0.29) is 5.41 Å². The lowest BCUT2D eigenvalue weighted by atomic mass is 9.82. The summed E-state index contributed by atoms with van der Waals surface area (Å²) in [5.41, 5.74) is -0.203. The van der Waals surface area contributed by atoms with Crippen LogP contribution in [0.15, 0.2) is 0 Å². The highest BCUT2D eigenvalue weighted by Crippen LogP contribution is 2.27. The minimum absolute atomic E-state index is 0.203. The minimum atomic E-state index is -0.203. The van der Waals surface area contributed by atoms with Crippen molar-refractivity contribution in [3.05, 3.63) is 0 Å². The van der Waals surface area contributed by atoms with Gasteiger partial charge in [0, 0.05) is 31.6 Å². The van der Waals surface area contributed by atoms with Gasteiger partial charge in [0.2, 0.25) is 5.91 Å². The van der Waals surface area contributed by atoms with Crippen LogP contribution in [0.1, 0.15) is 34.1 Å². The second-order valence-electron chi connectivity index (χ2n) is 5.52. The third-order valence-electron chi connectivity index (χ3n) is 2.90. The van der Waals surface area contributed by atoms with Crippen LogP contribution in [0.2, 0.25) is 0 Å². The smallest absolute Gasteiger partial charge is 0.228 e. The van der Waals surface area contributed by atoms with E-state index in [2.05, 4.69) is 33.0 Å². The zero-order chi connectivity index (χ0) is 11.5. The van der Waals surface area contributed by atoms with E-state index in [1.807, 2.05) is 4.90 Å². The highest BCUT2D eigenvalue weighted by Gasteiger charge is 2.32. The summed E-state index contributed by atoms with van der Waals surface area (Å²) in [6, 6.07) is 0. The van der Waals surface area contributed by atoms with Gasteiger partial charge in [-0.25, -0.2) is 0 Å². The summed E-state index contributed by atoms with van der Waals surface area (Å²) in [6.45, 7) is 12.1. The van der Waals surface area contributed by atoms with Gasteiger partial charge in [-0.05, 0) is 12.3 Å². The normalized spacial score (nSPS) is 18.3. The molecule has 0 spiro atoms. The molecule has 1 amide bonds. The molecule has 0 bridgehead atoms. The van der Waals surface area contributed by atoms with Crippen molar-refractivity contribution in [3.63, 3.8) is 0 Å². The van der Waals surface area contributed by atoms with Gasteiger partial charge in [0.15, 0.2) is 0 Å². The molecule has 1 heterocycles. The molecule has 1 aliphatic rings. The molecule has 1 N–H and O–H groups in total. The molecule has 1 fully saturated rings. The van der Waals surface area contributed by atoms with E-state index in [0.717, 1.165) is 32.6 Å². The van der Waals surface area contributed by atoms with Crippen molar-refractivity contribution >= 4 is 5.91 Å². The SMILES string of the molecule is CC(C)CC(C)(C)C(=O)N1CCNCC1. The van der Waals surface area contributed by atoms with E-state index in [1.54, 1.807) is 0 Å². The number of carbonyl (C=O) groups is 1. The molecule has 0 aromatic heterocycles. The van der Waals surface area contributed by atoms with Gasteiger partial charge in [0.05, 0.1) is 0 Å². The van der Waals surface area contributed by atoms with Crippen molar-refractivity contribution in [1.29, 1.82) is 0 Å². The summed E-state index contributed by atoms with van der Waals surface area (Å²) >= 11 is 0. The van der Waals surface area contributed by atoms with E-state index in [9.17, 15) is 4.79 Å². The number of piperazine rings is 1. The van der Waals surface area contributed by atoms with Crippen LogP contribution in [0.5, 0.6) is 0 Å². The molecule has 0 aliphatic carbocycles. The first kappa shape index (κ1) is 12.5. The zero-order valence-corrected chi connectivity index (χ0v) is 10.5. The van der Waals surface area contributed by atoms with Gasteiger partial charge in [-0.2, -0.15) is 0 Å². The first-order chi connectivity index (χ1) is 6.93. The number of rotatable bonds is 3. The van der Waals surface area contributed by atoms with Crippen molar-refractivity contribution in [1.82, 2.24) is 10.2 Å². The fraction of sp³-hybridized carbons (Fsp3) is 0.917. The summed E-state index contributed by atoms with van der Waals surface area (Å²) in [6.07, 6.45) is 0.968. The van der Waals surface area contributed by atoms with Gasteiger partial charge in [0.1, 0.15) is 0 Å². The summed E-state index contributed by atoms with van der Waals surface area (Å²) in [7, 11) is 0. The summed E-state index contributed by atoms with van der Waals surface area (Å²) in [5.74, 6) is 0.893. The third kappa shape index (κ3) is 3.49. The lowest BCUT2D eigenvalue weighted by Crippen LogP contribution is -2.50. The Morgan fingerprint density at radius 1 is 1.33 bits per heavy atom. The quantitative estimate of drug-likeness (QED) is 0.768. The molecule has 15 heavy (non-hydrogen) atoms. The molecule has 0 atom stereocenters. The van der Waals surface area contributed by atoms with E-state index in [4.69, 9.17) is 0 Å². The van der Waals surface area contributed by atoms with Gasteiger partial charge in [-0.1, -0.05) is 27.7 Å². The van der Waals surface area contributed by atoms with E-state index < -0.39 is 0 Å². The number of hydrogen-bond acceptors (Lipinski definition) is 2. The Bertz CT molecular complexity index is 218. The van der Waals surface area contributed by atoms with Gasteiger partial charge >= 0.3 is 0 Å². The summed E-state index contributed by atoms with van der Waals surface area (Å²) in [4.78, 5) is 14.3. The van der Waals surface area contributed by atoms with Crippen LogP contribution in [-0.4, -0.2) is 37.0 Å². The van der Waals surface area contributed by atoms with Crippen LogP contribution in [0.4, 0.5) is 0 Å². The highest BCUT2D eigenvalue weighted by molar-refractivity contribution is 5.82. The van der Waals surface area contributed by atoms with Crippen molar-refractivity contribution in [2.24, 2.45) is 11.3 Å². The molecule has 3 nitrogen and oxygen atoms in total. The number of hydrogen-bond donors (Lipinski definition) is 1. The summed E-state index contributed by atoms with van der Waals surface area (Å²) in [5, 5.41) is 3.27. The van der Waals surface area contributed by atoms with Crippen LogP contribution in [0.25, 0.3) is 0 Å². The first-order valence-electron chi connectivity index (χ1n) is 5.93. The second kappa shape index (κ2) is 4.97. The molecule has 88 valence electrons. The maximum Gasteiger partial charge on any atom is 0.228 e. The Hall–Kier alpha value is -0.570. The molecule has 0 saturated carbocycles. The monoisotopic (exact) mass is 212 g/mol. The molecule has 1 saturated heterocycles. The largest absolute Gasteiger partial charge is 0.340 e. The fourth-order valence-electron chi connectivity index (χ4n) is 2.40. The Balaban J connectivity index is 2.56. The highest BCUT2D eigenvalue weighted by atomic mass is 16.2. The Morgan fingerprint density at radius 2 is 1.87 bits per heavy atom. The van der Waals surface area contributed by atoms with Gasteiger partial charge in [0.25, 0.3) is 0 Å². The van der Waals surface area contributed by atoms with Crippen LogP contribution in [0.3, 0.4) is 0 Å². The third-order valence-corrected chi connectivity index (χ3v) is 2.90. The molecule has 0 radical (unpaired) electrons. The Labute approximate surface area is 93.2 Å². The van der Waals surface area contributed by atoms with Crippen molar-refractivity contribution < 1.29 is 4.79 Å². The zero-order valence-electron chi connectivity index (χ0n) is 10.5. The van der Waals surface area contributed by atoms with Gasteiger partial charge in [-0.3, -0.25) is 4.79 Å². The van der Waals surface area contributed by atoms with Gasteiger partial charge in [-0.15, -0.1) is 0 Å². The second-order valence-corrected chi connectivity index (χ2v) is 5.52. The van der Waals surface area contributed by atoms with E-state index in [0.29, 0.717) is 11.8 Å². The van der Waals surface area contributed by atoms with Crippen molar-refractivity contribution in [2.75, 3.05) is 26.2 Å². The lowest BCUT2D eigenvalue weighted by Gasteiger charge is -2.35. The Morgan fingerprint density at radius 3 is 2.33 bits per heavy atom. The maximum atomic E-state index is 12.3. The number of nitrogens with one attached hydrogen (secondary N) is 1. The molecule has 1 rings (SSSR count). The van der Waals surface area contributed by atoms with Crippen LogP contribution in [-0.2, 0) is 4.79 Å². The minimum Gasteiger partial charge on any atom is -0.340 e. The number of carbonyl (C=O) groups excluding carboxylic acids is 1. The average molecular weight is 212 g/mol. The maximum absolute atomic E-state index is 12.3. The molecule has 0 aromatic carbocycles. The molecular formula is C12H24N2O. The molecular weight excluding hydrogens is 188 g/mol. The molecule has 3 heteroatoms. The molecule has 0 aromatic rings. The number of nitrogens with zero attached hydrogens (tertiary/aromatic N) is 1. The standard InChI is InChI=1S/C12H24N2O/c1-10(2)9-12(3,4)11(15)14-7-5-13-6-8-14/h10,13H,5-9H2,1-4H3. The predicted molar refractivity (Wildman–Crippen MR) is 62.7 cm³/mol. The van der Waals surface area contributed by atoms with Crippen LogP contribution in [0, 0.1) is 11.3 Å². The average Bonchev–Trinajstić information content (AvgIpc) is 2.16. The molecule has 0 unspecified atom stereocenters. The van der Waals surface area contributed by atoms with Crippen molar-refractivity contribution in [2.45, 2.75) is 34.1 Å². The fourth-order valence-corrected chi connectivity index (χ4v) is 2.40. The predicted octanol–water partition coefficient (Wildman–Crippen LogP) is 1.49. The first-order valence-corrected chi connectivity index (χ1v) is 5.93. The lowest BCUT2D eigenvalue weighted by molar-refractivity contribution is -0.141. The number of amides is 1.